The number of rotatable bonds is 4. The van der Waals surface area contributed by atoms with Gasteiger partial charge in [0.25, 0.3) is 0 Å². The molecule has 0 aliphatic rings. The van der Waals surface area contributed by atoms with Crippen LogP contribution in [0.4, 0.5) is 18.9 Å². The highest BCUT2D eigenvalue weighted by Crippen LogP contribution is 2.26. The standard InChI is InChI=1S/C10H11BrF3NO/c1-16-5-7-8(11)3-2-4-9(7)15-6-10(12,13)14/h2-4,15H,5-6H2,1H3. The SMILES string of the molecule is COCc1c(Br)cccc1NCC(F)(F)F. The fourth-order valence-corrected chi connectivity index (χ4v) is 1.69. The van der Waals surface area contributed by atoms with Crippen molar-refractivity contribution in [3.8, 4) is 0 Å². The molecule has 0 radical (unpaired) electrons. The Labute approximate surface area is 99.9 Å². The van der Waals surface area contributed by atoms with Gasteiger partial charge in [0.05, 0.1) is 6.61 Å². The number of ether oxygens (including phenoxy) is 1. The molecule has 1 aromatic carbocycles. The first-order valence-electron chi connectivity index (χ1n) is 4.51. The number of nitrogens with one attached hydrogen (secondary N) is 1. The maximum atomic E-state index is 12.1. The second-order valence-electron chi connectivity index (χ2n) is 3.17. The quantitative estimate of drug-likeness (QED) is 0.917. The molecule has 0 saturated carbocycles. The van der Waals surface area contributed by atoms with Crippen LogP contribution in [-0.2, 0) is 11.3 Å². The minimum absolute atomic E-state index is 0.252. The summed E-state index contributed by atoms with van der Waals surface area (Å²) in [6.07, 6.45) is -4.23. The fraction of sp³-hybridized carbons (Fsp3) is 0.400. The summed E-state index contributed by atoms with van der Waals surface area (Å²) in [5, 5.41) is 2.34. The monoisotopic (exact) mass is 297 g/mol. The molecule has 0 amide bonds. The lowest BCUT2D eigenvalue weighted by atomic mass is 10.2. The van der Waals surface area contributed by atoms with Crippen molar-refractivity contribution >= 4 is 21.6 Å². The molecule has 2 nitrogen and oxygen atoms in total. The summed E-state index contributed by atoms with van der Waals surface area (Å²) in [6, 6.07) is 5.01. The zero-order valence-electron chi connectivity index (χ0n) is 8.57. The van der Waals surface area contributed by atoms with Crippen molar-refractivity contribution in [1.82, 2.24) is 0 Å². The molecule has 0 heterocycles. The highest BCUT2D eigenvalue weighted by molar-refractivity contribution is 9.10. The zero-order chi connectivity index (χ0) is 12.2. The van der Waals surface area contributed by atoms with Crippen LogP contribution < -0.4 is 5.32 Å². The van der Waals surface area contributed by atoms with E-state index in [1.807, 2.05) is 0 Å². The van der Waals surface area contributed by atoms with Gasteiger partial charge < -0.3 is 10.1 Å². The molecule has 0 saturated heterocycles. The van der Waals surface area contributed by atoms with Gasteiger partial charge in [-0.2, -0.15) is 13.2 Å². The van der Waals surface area contributed by atoms with Gasteiger partial charge in [0, 0.05) is 22.8 Å². The van der Waals surface area contributed by atoms with Crippen molar-refractivity contribution in [2.45, 2.75) is 12.8 Å². The molecule has 90 valence electrons. The molecule has 1 rings (SSSR count). The Kier molecular flexibility index (Phi) is 4.61. The van der Waals surface area contributed by atoms with Crippen LogP contribution in [0.1, 0.15) is 5.56 Å². The third-order valence-corrected chi connectivity index (χ3v) is 2.63. The first-order chi connectivity index (χ1) is 7.44. The molecule has 0 aromatic heterocycles. The van der Waals surface area contributed by atoms with Crippen LogP contribution in [0, 0.1) is 0 Å². The van der Waals surface area contributed by atoms with Gasteiger partial charge in [-0.15, -0.1) is 0 Å². The third-order valence-electron chi connectivity index (χ3n) is 1.89. The summed E-state index contributed by atoms with van der Waals surface area (Å²) in [6.45, 7) is -0.804. The zero-order valence-corrected chi connectivity index (χ0v) is 10.2. The molecule has 0 spiro atoms. The van der Waals surface area contributed by atoms with E-state index >= 15 is 0 Å². The Bertz CT molecular complexity index is 354. The summed E-state index contributed by atoms with van der Waals surface area (Å²) < 4.78 is 41.8. The van der Waals surface area contributed by atoms with E-state index in [0.29, 0.717) is 11.3 Å². The van der Waals surface area contributed by atoms with E-state index in [-0.39, 0.29) is 6.61 Å². The Morgan fingerprint density at radius 3 is 2.62 bits per heavy atom. The lowest BCUT2D eigenvalue weighted by Crippen LogP contribution is -2.22. The van der Waals surface area contributed by atoms with E-state index in [4.69, 9.17) is 4.74 Å². The number of hydrogen-bond acceptors (Lipinski definition) is 2. The van der Waals surface area contributed by atoms with Crippen LogP contribution in [0.2, 0.25) is 0 Å². The second kappa shape index (κ2) is 5.54. The smallest absolute Gasteiger partial charge is 0.380 e. The Morgan fingerprint density at radius 1 is 1.38 bits per heavy atom. The number of methoxy groups -OCH3 is 1. The van der Waals surface area contributed by atoms with Crippen molar-refractivity contribution in [1.29, 1.82) is 0 Å². The summed E-state index contributed by atoms with van der Waals surface area (Å²) in [4.78, 5) is 0. The molecule has 0 fully saturated rings. The molecule has 6 heteroatoms. The van der Waals surface area contributed by atoms with Gasteiger partial charge in [-0.3, -0.25) is 0 Å². The van der Waals surface area contributed by atoms with Gasteiger partial charge in [-0.1, -0.05) is 22.0 Å². The first-order valence-corrected chi connectivity index (χ1v) is 5.30. The van der Waals surface area contributed by atoms with Gasteiger partial charge in [-0.25, -0.2) is 0 Å². The summed E-state index contributed by atoms with van der Waals surface area (Å²) in [7, 11) is 1.49. The van der Waals surface area contributed by atoms with Crippen LogP contribution in [0.5, 0.6) is 0 Å². The van der Waals surface area contributed by atoms with E-state index in [0.717, 1.165) is 4.47 Å². The third kappa shape index (κ3) is 4.02. The topological polar surface area (TPSA) is 21.3 Å². The van der Waals surface area contributed by atoms with Crippen molar-refractivity contribution in [2.24, 2.45) is 0 Å². The van der Waals surface area contributed by atoms with Crippen LogP contribution in [-0.4, -0.2) is 19.8 Å². The van der Waals surface area contributed by atoms with Gasteiger partial charge >= 0.3 is 6.18 Å². The largest absolute Gasteiger partial charge is 0.405 e. The molecule has 0 bridgehead atoms. The van der Waals surface area contributed by atoms with Gasteiger partial charge in [-0.05, 0) is 12.1 Å². The highest BCUT2D eigenvalue weighted by Gasteiger charge is 2.27. The molecular formula is C10H11BrF3NO. The number of anilines is 1. The Morgan fingerprint density at radius 2 is 2.06 bits per heavy atom. The minimum atomic E-state index is -4.23. The second-order valence-corrected chi connectivity index (χ2v) is 4.02. The van der Waals surface area contributed by atoms with Crippen molar-refractivity contribution < 1.29 is 17.9 Å². The van der Waals surface area contributed by atoms with E-state index in [1.165, 1.54) is 7.11 Å². The summed E-state index contributed by atoms with van der Waals surface area (Å²) in [5.74, 6) is 0. The van der Waals surface area contributed by atoms with Crippen LogP contribution >= 0.6 is 15.9 Å². The number of alkyl halides is 3. The highest BCUT2D eigenvalue weighted by atomic mass is 79.9. The number of benzene rings is 1. The Balaban J connectivity index is 2.82. The predicted molar refractivity (Wildman–Crippen MR) is 59.4 cm³/mol. The van der Waals surface area contributed by atoms with Crippen LogP contribution in [0.25, 0.3) is 0 Å². The predicted octanol–water partition coefficient (Wildman–Crippen LogP) is 3.57. The summed E-state index contributed by atoms with van der Waals surface area (Å²) in [5.41, 5.74) is 1.10. The maximum Gasteiger partial charge on any atom is 0.405 e. The van der Waals surface area contributed by atoms with E-state index in [9.17, 15) is 13.2 Å². The van der Waals surface area contributed by atoms with Crippen LogP contribution in [0.15, 0.2) is 22.7 Å². The normalized spacial score (nSPS) is 11.6. The van der Waals surface area contributed by atoms with Gasteiger partial charge in [0.2, 0.25) is 0 Å². The van der Waals surface area contributed by atoms with Crippen molar-refractivity contribution in [3.05, 3.63) is 28.2 Å². The molecule has 0 aliphatic heterocycles. The Hall–Kier alpha value is -0.750. The number of hydrogen-bond donors (Lipinski definition) is 1. The first kappa shape index (κ1) is 13.3. The minimum Gasteiger partial charge on any atom is -0.380 e. The fourth-order valence-electron chi connectivity index (χ4n) is 1.21. The summed E-state index contributed by atoms with van der Waals surface area (Å²) >= 11 is 3.27. The van der Waals surface area contributed by atoms with Crippen LogP contribution in [0.3, 0.4) is 0 Å². The van der Waals surface area contributed by atoms with Gasteiger partial charge in [0.1, 0.15) is 6.54 Å². The van der Waals surface area contributed by atoms with E-state index in [1.54, 1.807) is 18.2 Å². The maximum absolute atomic E-state index is 12.1. The number of halogens is 4. The van der Waals surface area contributed by atoms with Crippen molar-refractivity contribution in [3.63, 3.8) is 0 Å². The van der Waals surface area contributed by atoms with Crippen molar-refractivity contribution in [2.75, 3.05) is 19.0 Å². The molecule has 0 unspecified atom stereocenters. The lowest BCUT2D eigenvalue weighted by Gasteiger charge is -2.14. The van der Waals surface area contributed by atoms with Gasteiger partial charge in [0.15, 0.2) is 0 Å². The average molecular weight is 298 g/mol. The van der Waals surface area contributed by atoms with E-state index in [2.05, 4.69) is 21.2 Å². The molecule has 1 N–H and O–H groups in total. The van der Waals surface area contributed by atoms with E-state index < -0.39 is 12.7 Å². The molecule has 0 aliphatic carbocycles. The average Bonchev–Trinajstić information content (AvgIpc) is 2.18. The lowest BCUT2D eigenvalue weighted by molar-refractivity contribution is -0.115. The molecule has 0 atom stereocenters. The molecule has 16 heavy (non-hydrogen) atoms. The molecule has 1 aromatic rings. The molecular weight excluding hydrogens is 287 g/mol.